The maximum atomic E-state index is 13.0. The Morgan fingerprint density at radius 1 is 0.594 bits per heavy atom. The normalized spacial score (nSPS) is 16.1. The van der Waals surface area contributed by atoms with Crippen LogP contribution in [0.15, 0.2) is 58.3 Å². The number of carbonyl (C=O) groups excluding carboxylic acids is 2. The first-order valence-corrected chi connectivity index (χ1v) is 16.4. The molecule has 32 heavy (non-hydrogen) atoms. The Morgan fingerprint density at radius 2 is 1.16 bits per heavy atom. The Hall–Kier alpha value is -1.08. The molecule has 0 saturated carbocycles. The first kappa shape index (κ1) is 21.5. The van der Waals surface area contributed by atoms with Gasteiger partial charge in [-0.2, -0.15) is 0 Å². The zero-order chi connectivity index (χ0) is 22.0. The Balaban J connectivity index is 1.38. The average Bonchev–Trinajstić information content (AvgIpc) is 3.54. The van der Waals surface area contributed by atoms with Crippen LogP contribution in [0.1, 0.15) is 19.1 Å². The molecule has 0 unspecified atom stereocenters. The number of thioether (sulfide) groups is 2. The van der Waals surface area contributed by atoms with Gasteiger partial charge in [-0.15, -0.1) is 0 Å². The first-order chi connectivity index (χ1) is 15.5. The van der Waals surface area contributed by atoms with E-state index >= 15 is 0 Å². The molecule has 0 N–H and O–H groups in total. The van der Waals surface area contributed by atoms with Crippen molar-refractivity contribution in [2.24, 2.45) is 0 Å². The molecule has 0 spiro atoms. The van der Waals surface area contributed by atoms with Crippen molar-refractivity contribution < 1.29 is 9.59 Å². The van der Waals surface area contributed by atoms with Crippen LogP contribution in [0.25, 0.3) is 29.3 Å². The maximum absolute atomic E-state index is 13.0. The molecule has 0 radical (unpaired) electrons. The Bertz CT molecular complexity index is 1490. The van der Waals surface area contributed by atoms with E-state index in [1.54, 1.807) is 22.7 Å². The first-order valence-electron chi connectivity index (χ1n) is 9.75. The van der Waals surface area contributed by atoms with Crippen LogP contribution in [0.3, 0.4) is 0 Å². The minimum atomic E-state index is 0.0532. The fraction of sp³-hybridized carbons (Fsp3) is 0.0833. The molecule has 0 aromatic carbocycles. The summed E-state index contributed by atoms with van der Waals surface area (Å²) in [6.45, 7) is 4.24. The number of hydrogen-bond donors (Lipinski definition) is 0. The van der Waals surface area contributed by atoms with E-state index in [1.807, 2.05) is 19.1 Å². The zero-order valence-corrected chi connectivity index (χ0v) is 23.6. The summed E-state index contributed by atoms with van der Waals surface area (Å²) in [6.07, 6.45) is 0. The molecule has 4 aromatic heterocycles. The summed E-state index contributed by atoms with van der Waals surface area (Å²) in [5.74, 6) is 0. The molecule has 0 bridgehead atoms. The molecule has 4 aromatic rings. The van der Waals surface area contributed by atoms with Gasteiger partial charge in [0.15, 0.2) is 0 Å². The number of thiophene rings is 2. The summed E-state index contributed by atoms with van der Waals surface area (Å²) in [5, 5.41) is 0.108. The molecule has 0 aliphatic carbocycles. The molecule has 6 rings (SSSR count). The van der Waals surface area contributed by atoms with Gasteiger partial charge in [0.05, 0.1) is 0 Å². The standard InChI is InChI=1S/C24H14O2S4Se2/c1-11-3-5-14(27-11)19-21-22(30-23(19)25)20(24(26)29-21)15-7-6-13(28-15)16-9-10-18(32-16)17-8-4-12(2)31-17/h3-10H,1-2H3. The Kier molecular flexibility index (Phi) is 5.56. The quantitative estimate of drug-likeness (QED) is 0.243. The van der Waals surface area contributed by atoms with Crippen molar-refractivity contribution in [3.8, 4) is 18.2 Å². The van der Waals surface area contributed by atoms with Gasteiger partial charge in [0.25, 0.3) is 0 Å². The summed E-state index contributed by atoms with van der Waals surface area (Å²) in [4.78, 5) is 31.8. The summed E-state index contributed by atoms with van der Waals surface area (Å²) in [5.41, 5.74) is 1.42. The van der Waals surface area contributed by atoms with E-state index in [9.17, 15) is 9.59 Å². The third kappa shape index (κ3) is 3.62. The van der Waals surface area contributed by atoms with Gasteiger partial charge in [-0.3, -0.25) is 0 Å². The minimum absolute atomic E-state index is 0.0532. The summed E-state index contributed by atoms with van der Waals surface area (Å²) < 4.78 is 5.82. The van der Waals surface area contributed by atoms with Crippen LogP contribution in [0.4, 0.5) is 0 Å². The summed E-state index contributed by atoms with van der Waals surface area (Å²) in [6, 6.07) is 17.2. The van der Waals surface area contributed by atoms with Gasteiger partial charge < -0.3 is 0 Å². The van der Waals surface area contributed by atoms with Crippen molar-refractivity contribution in [1.82, 2.24) is 0 Å². The van der Waals surface area contributed by atoms with Gasteiger partial charge in [-0.1, -0.05) is 0 Å². The third-order valence-corrected chi connectivity index (χ3v) is 14.9. The van der Waals surface area contributed by atoms with Crippen molar-refractivity contribution in [3.05, 3.63) is 77.4 Å². The molecular formula is C24H14O2S4Se2. The zero-order valence-electron chi connectivity index (χ0n) is 16.9. The molecule has 2 aliphatic rings. The van der Waals surface area contributed by atoms with Gasteiger partial charge in [0.2, 0.25) is 0 Å². The fourth-order valence-corrected chi connectivity index (χ4v) is 13.0. The van der Waals surface area contributed by atoms with Crippen molar-refractivity contribution >= 4 is 96.6 Å². The number of hydrogen-bond acceptors (Lipinski definition) is 6. The number of rotatable bonds is 4. The van der Waals surface area contributed by atoms with E-state index in [0.717, 1.165) is 19.6 Å². The molecule has 0 fully saturated rings. The van der Waals surface area contributed by atoms with Crippen molar-refractivity contribution in [2.45, 2.75) is 13.8 Å². The molecule has 2 aliphatic heterocycles. The Morgan fingerprint density at radius 3 is 1.78 bits per heavy atom. The van der Waals surface area contributed by atoms with Crippen LogP contribution < -0.4 is 0 Å². The second kappa shape index (κ2) is 8.30. The molecule has 8 heteroatoms. The predicted octanol–water partition coefficient (Wildman–Crippen LogP) is 6.54. The van der Waals surface area contributed by atoms with E-state index in [-0.39, 0.29) is 10.2 Å². The Labute approximate surface area is 213 Å². The summed E-state index contributed by atoms with van der Waals surface area (Å²) >= 11 is 6.49. The van der Waals surface area contributed by atoms with Gasteiger partial charge >= 0.3 is 216 Å². The van der Waals surface area contributed by atoms with Gasteiger partial charge in [0.1, 0.15) is 0 Å². The van der Waals surface area contributed by atoms with E-state index in [4.69, 9.17) is 0 Å². The van der Waals surface area contributed by atoms with Crippen LogP contribution in [-0.4, -0.2) is 39.2 Å². The molecule has 158 valence electrons. The molecule has 0 amide bonds. The van der Waals surface area contributed by atoms with E-state index in [0.29, 0.717) is 40.2 Å². The second-order valence-corrected chi connectivity index (χ2v) is 16.6. The number of carbonyl (C=O) groups is 2. The van der Waals surface area contributed by atoms with Gasteiger partial charge in [-0.05, 0) is 0 Å². The predicted molar refractivity (Wildman–Crippen MR) is 142 cm³/mol. The molecule has 0 atom stereocenters. The van der Waals surface area contributed by atoms with Gasteiger partial charge in [0, 0.05) is 0 Å². The monoisotopic (exact) mass is 622 g/mol. The molecule has 0 saturated heterocycles. The second-order valence-electron chi connectivity index (χ2n) is 7.34. The topological polar surface area (TPSA) is 34.1 Å². The molecule has 2 nitrogen and oxygen atoms in total. The van der Waals surface area contributed by atoms with Crippen molar-refractivity contribution in [2.75, 3.05) is 0 Å². The average molecular weight is 621 g/mol. The van der Waals surface area contributed by atoms with Crippen LogP contribution >= 0.6 is 46.2 Å². The molecular weight excluding hydrogens is 606 g/mol. The van der Waals surface area contributed by atoms with E-state index in [1.165, 1.54) is 51.0 Å². The SMILES string of the molecule is Cc1ccc(C2=C3SC(=O)C(c4ccc(-c5ccc(-c6ccc(C)[se]6)[se]5)s4)=C3SC2=O)s1. The number of aryl methyl sites for hydroxylation is 2. The van der Waals surface area contributed by atoms with Crippen molar-refractivity contribution in [3.63, 3.8) is 0 Å². The van der Waals surface area contributed by atoms with E-state index in [2.05, 4.69) is 43.3 Å². The number of fused-ring (bicyclic) bond motifs is 1. The van der Waals surface area contributed by atoms with Crippen LogP contribution in [0.5, 0.6) is 0 Å². The van der Waals surface area contributed by atoms with Crippen LogP contribution in [0.2, 0.25) is 0 Å². The van der Waals surface area contributed by atoms with Crippen molar-refractivity contribution in [1.29, 1.82) is 0 Å². The van der Waals surface area contributed by atoms with Crippen LogP contribution in [0, 0.1) is 13.8 Å². The fourth-order valence-electron chi connectivity index (χ4n) is 3.66. The van der Waals surface area contributed by atoms with Gasteiger partial charge in [-0.25, -0.2) is 0 Å². The van der Waals surface area contributed by atoms with E-state index < -0.39 is 0 Å². The summed E-state index contributed by atoms with van der Waals surface area (Å²) in [7, 11) is 0. The van der Waals surface area contributed by atoms with Crippen LogP contribution in [-0.2, 0) is 9.59 Å². The molecule has 6 heterocycles. The third-order valence-electron chi connectivity index (χ3n) is 5.13.